The average molecular weight is 346 g/mol. The number of halogens is 1. The summed E-state index contributed by atoms with van der Waals surface area (Å²) in [5.41, 5.74) is 3.12. The van der Waals surface area contributed by atoms with E-state index in [0.717, 1.165) is 16.8 Å². The van der Waals surface area contributed by atoms with Crippen molar-refractivity contribution in [3.63, 3.8) is 0 Å². The molecule has 0 bridgehead atoms. The summed E-state index contributed by atoms with van der Waals surface area (Å²) in [7, 11) is 0. The van der Waals surface area contributed by atoms with Crippen molar-refractivity contribution in [2.24, 2.45) is 0 Å². The van der Waals surface area contributed by atoms with Gasteiger partial charge < -0.3 is 15.4 Å². The quantitative estimate of drug-likeness (QED) is 0.637. The van der Waals surface area contributed by atoms with E-state index in [1.807, 2.05) is 6.92 Å². The fourth-order valence-electron chi connectivity index (χ4n) is 2.10. The van der Waals surface area contributed by atoms with E-state index in [9.17, 15) is 9.18 Å². The van der Waals surface area contributed by atoms with Gasteiger partial charge in [0.05, 0.1) is 12.2 Å². The molecular weight excluding hydrogens is 327 g/mol. The van der Waals surface area contributed by atoms with E-state index in [1.54, 1.807) is 37.3 Å². The normalized spacial score (nSPS) is 10.1. The number of hydrogen-bond acceptors (Lipinski definition) is 3. The maximum atomic E-state index is 12.9. The molecule has 6 heteroatoms. The highest BCUT2D eigenvalue weighted by atomic mass is 32.1. The van der Waals surface area contributed by atoms with Crippen LogP contribution in [0, 0.1) is 12.7 Å². The highest BCUT2D eigenvalue weighted by molar-refractivity contribution is 7.80. The molecule has 2 aromatic carbocycles. The van der Waals surface area contributed by atoms with Crippen molar-refractivity contribution in [3.05, 3.63) is 65.0 Å². The molecule has 4 nitrogen and oxygen atoms in total. The second-order valence-corrected chi connectivity index (χ2v) is 5.59. The number of carbonyl (C=O) groups is 1. The number of anilines is 1. The zero-order chi connectivity index (χ0) is 17.5. The Kier molecular flexibility index (Phi) is 6.26. The summed E-state index contributed by atoms with van der Waals surface area (Å²) in [5, 5.41) is 6.59. The number of hydrogen-bond donors (Lipinski definition) is 2. The van der Waals surface area contributed by atoms with Crippen molar-refractivity contribution >= 4 is 29.0 Å². The van der Waals surface area contributed by atoms with E-state index >= 15 is 0 Å². The van der Waals surface area contributed by atoms with Gasteiger partial charge in [-0.05, 0) is 67.5 Å². The lowest BCUT2D eigenvalue weighted by atomic mass is 10.1. The Labute approximate surface area is 146 Å². The SMILES string of the molecule is CCOC(=O)c1ccc(NC(=S)NCc2ccc(F)cc2)c(C)c1. The molecule has 0 aliphatic rings. The Morgan fingerprint density at radius 3 is 2.54 bits per heavy atom. The fraction of sp³-hybridized carbons (Fsp3) is 0.222. The van der Waals surface area contributed by atoms with Crippen LogP contribution in [0.15, 0.2) is 42.5 Å². The molecule has 0 saturated carbocycles. The summed E-state index contributed by atoms with van der Waals surface area (Å²) >= 11 is 5.26. The van der Waals surface area contributed by atoms with Gasteiger partial charge in [-0.2, -0.15) is 0 Å². The first-order chi connectivity index (χ1) is 11.5. The first-order valence-electron chi connectivity index (χ1n) is 7.56. The molecule has 2 aromatic rings. The van der Waals surface area contributed by atoms with Gasteiger partial charge in [-0.15, -0.1) is 0 Å². The number of ether oxygens (including phenoxy) is 1. The highest BCUT2D eigenvalue weighted by Crippen LogP contribution is 2.17. The van der Waals surface area contributed by atoms with Crippen LogP contribution in [-0.4, -0.2) is 17.7 Å². The van der Waals surface area contributed by atoms with E-state index in [0.29, 0.717) is 23.8 Å². The number of rotatable bonds is 5. The van der Waals surface area contributed by atoms with Crippen molar-refractivity contribution < 1.29 is 13.9 Å². The largest absolute Gasteiger partial charge is 0.462 e. The van der Waals surface area contributed by atoms with Crippen LogP contribution in [0.25, 0.3) is 0 Å². The highest BCUT2D eigenvalue weighted by Gasteiger charge is 2.09. The third-order valence-corrected chi connectivity index (χ3v) is 3.60. The molecule has 0 radical (unpaired) electrons. The zero-order valence-electron chi connectivity index (χ0n) is 13.6. The van der Waals surface area contributed by atoms with Gasteiger partial charge in [-0.3, -0.25) is 0 Å². The molecule has 0 aromatic heterocycles. The van der Waals surface area contributed by atoms with Crippen molar-refractivity contribution in [3.8, 4) is 0 Å². The van der Waals surface area contributed by atoms with Gasteiger partial charge in [0.1, 0.15) is 5.82 Å². The maximum absolute atomic E-state index is 12.9. The monoisotopic (exact) mass is 346 g/mol. The molecule has 0 saturated heterocycles. The summed E-state index contributed by atoms with van der Waals surface area (Å²) in [6, 6.07) is 11.4. The summed E-state index contributed by atoms with van der Waals surface area (Å²) in [4.78, 5) is 11.7. The Balaban J connectivity index is 1.93. The molecule has 0 spiro atoms. The minimum Gasteiger partial charge on any atom is -0.462 e. The molecular formula is C18H19FN2O2S. The number of carbonyl (C=O) groups excluding carboxylic acids is 1. The molecule has 0 aliphatic carbocycles. The van der Waals surface area contributed by atoms with Crippen LogP contribution >= 0.6 is 12.2 Å². The zero-order valence-corrected chi connectivity index (χ0v) is 14.4. The van der Waals surface area contributed by atoms with E-state index in [-0.39, 0.29) is 11.8 Å². The van der Waals surface area contributed by atoms with Crippen molar-refractivity contribution in [2.75, 3.05) is 11.9 Å². The van der Waals surface area contributed by atoms with E-state index in [2.05, 4.69) is 10.6 Å². The number of esters is 1. The maximum Gasteiger partial charge on any atom is 0.338 e. The van der Waals surface area contributed by atoms with Gasteiger partial charge in [0, 0.05) is 12.2 Å². The molecule has 0 aliphatic heterocycles. The van der Waals surface area contributed by atoms with Crippen molar-refractivity contribution in [2.45, 2.75) is 20.4 Å². The average Bonchev–Trinajstić information content (AvgIpc) is 2.56. The van der Waals surface area contributed by atoms with Crippen LogP contribution < -0.4 is 10.6 Å². The van der Waals surface area contributed by atoms with Gasteiger partial charge in [-0.25, -0.2) is 9.18 Å². The topological polar surface area (TPSA) is 50.4 Å². The van der Waals surface area contributed by atoms with Crippen LogP contribution in [0.4, 0.5) is 10.1 Å². The molecule has 0 atom stereocenters. The predicted octanol–water partition coefficient (Wildman–Crippen LogP) is 3.80. The number of nitrogens with one attached hydrogen (secondary N) is 2. The molecule has 0 amide bonds. The van der Waals surface area contributed by atoms with Gasteiger partial charge in [0.2, 0.25) is 0 Å². The second kappa shape index (κ2) is 8.40. The van der Waals surface area contributed by atoms with Gasteiger partial charge in [0.25, 0.3) is 0 Å². The van der Waals surface area contributed by atoms with Crippen LogP contribution in [0.3, 0.4) is 0 Å². The summed E-state index contributed by atoms with van der Waals surface area (Å²) in [5.74, 6) is -0.610. The fourth-order valence-corrected chi connectivity index (χ4v) is 2.28. The molecule has 0 unspecified atom stereocenters. The molecule has 2 N–H and O–H groups in total. The van der Waals surface area contributed by atoms with E-state index < -0.39 is 0 Å². The third kappa shape index (κ3) is 5.03. The minimum atomic E-state index is -0.343. The number of thiocarbonyl (C=S) groups is 1. The van der Waals surface area contributed by atoms with Crippen molar-refractivity contribution in [1.29, 1.82) is 0 Å². The number of aryl methyl sites for hydroxylation is 1. The minimum absolute atomic E-state index is 0.267. The number of benzene rings is 2. The Morgan fingerprint density at radius 1 is 1.21 bits per heavy atom. The van der Waals surface area contributed by atoms with Crippen LogP contribution in [0.5, 0.6) is 0 Å². The lowest BCUT2D eigenvalue weighted by Crippen LogP contribution is -2.28. The summed E-state index contributed by atoms with van der Waals surface area (Å²) in [6.07, 6.45) is 0. The first-order valence-corrected chi connectivity index (χ1v) is 7.97. The van der Waals surface area contributed by atoms with E-state index in [4.69, 9.17) is 17.0 Å². The lowest BCUT2D eigenvalue weighted by molar-refractivity contribution is 0.0526. The van der Waals surface area contributed by atoms with Crippen molar-refractivity contribution in [1.82, 2.24) is 5.32 Å². The molecule has 0 heterocycles. The van der Waals surface area contributed by atoms with Gasteiger partial charge >= 0.3 is 5.97 Å². The standard InChI is InChI=1S/C18H19FN2O2S/c1-3-23-17(22)14-6-9-16(12(2)10-14)21-18(24)20-11-13-4-7-15(19)8-5-13/h4-10H,3,11H2,1-2H3,(H2,20,21,24). The van der Waals surface area contributed by atoms with Crippen LogP contribution in [-0.2, 0) is 11.3 Å². The second-order valence-electron chi connectivity index (χ2n) is 5.18. The first kappa shape index (κ1) is 17.9. The van der Waals surface area contributed by atoms with Crippen LogP contribution in [0.1, 0.15) is 28.4 Å². The Hall–Kier alpha value is -2.47. The Morgan fingerprint density at radius 2 is 1.92 bits per heavy atom. The summed E-state index contributed by atoms with van der Waals surface area (Å²) < 4.78 is 17.8. The Bertz CT molecular complexity index is 732. The third-order valence-electron chi connectivity index (χ3n) is 3.35. The smallest absolute Gasteiger partial charge is 0.338 e. The molecule has 0 fully saturated rings. The summed E-state index contributed by atoms with van der Waals surface area (Å²) in [6.45, 7) is 4.49. The molecule has 126 valence electrons. The predicted molar refractivity (Wildman–Crippen MR) is 96.6 cm³/mol. The van der Waals surface area contributed by atoms with E-state index in [1.165, 1.54) is 12.1 Å². The lowest BCUT2D eigenvalue weighted by Gasteiger charge is -2.13. The molecule has 24 heavy (non-hydrogen) atoms. The van der Waals surface area contributed by atoms with Crippen LogP contribution in [0.2, 0.25) is 0 Å². The van der Waals surface area contributed by atoms with Gasteiger partial charge in [-0.1, -0.05) is 12.1 Å². The van der Waals surface area contributed by atoms with Gasteiger partial charge in [0.15, 0.2) is 5.11 Å². The molecule has 2 rings (SSSR count).